The van der Waals surface area contributed by atoms with E-state index in [2.05, 4.69) is 5.32 Å². The quantitative estimate of drug-likeness (QED) is 0.509. The van der Waals surface area contributed by atoms with Gasteiger partial charge in [0.05, 0.1) is 4.92 Å². The maximum absolute atomic E-state index is 12.1. The van der Waals surface area contributed by atoms with Crippen molar-refractivity contribution >= 4 is 27.4 Å². The fourth-order valence-electron chi connectivity index (χ4n) is 1.71. The second-order valence-corrected chi connectivity index (χ2v) is 6.04. The van der Waals surface area contributed by atoms with Gasteiger partial charge in [-0.25, -0.2) is 0 Å². The lowest BCUT2D eigenvalue weighted by Crippen LogP contribution is -2.10. The Bertz CT molecular complexity index is 829. The summed E-state index contributed by atoms with van der Waals surface area (Å²) in [5.74, 6) is -0.315. The van der Waals surface area contributed by atoms with Crippen LogP contribution in [-0.2, 0) is 14.9 Å². The Morgan fingerprint density at radius 3 is 2.13 bits per heavy atom. The van der Waals surface area contributed by atoms with Gasteiger partial charge in [-0.05, 0) is 36.4 Å². The average Bonchev–Trinajstić information content (AvgIpc) is 2.47. The van der Waals surface area contributed by atoms with Gasteiger partial charge >= 0.3 is 10.1 Å². The number of nitrogens with one attached hydrogen (secondary N) is 1. The molecule has 2 aromatic rings. The molecule has 0 aliphatic heterocycles. The third-order valence-electron chi connectivity index (χ3n) is 2.72. The van der Waals surface area contributed by atoms with Gasteiger partial charge in [0.2, 0.25) is 5.91 Å². The standard InChI is InChI=1S/C14H12N2O6S/c1-10(17)15-11-2-8-14(9-3-11)23(20,21)22-13-6-4-12(5-7-13)16(18)19/h2-9H,1H3,(H,15,17). The molecular formula is C14H12N2O6S. The normalized spacial score (nSPS) is 10.8. The molecule has 0 unspecified atom stereocenters. The van der Waals surface area contributed by atoms with Gasteiger partial charge in [0.15, 0.2) is 0 Å². The van der Waals surface area contributed by atoms with Gasteiger partial charge in [0.25, 0.3) is 5.69 Å². The molecule has 0 heterocycles. The summed E-state index contributed by atoms with van der Waals surface area (Å²) in [4.78, 5) is 20.7. The van der Waals surface area contributed by atoms with Crippen LogP contribution in [0.4, 0.5) is 11.4 Å². The van der Waals surface area contributed by atoms with Crippen LogP contribution in [0.15, 0.2) is 53.4 Å². The van der Waals surface area contributed by atoms with Crippen LogP contribution >= 0.6 is 0 Å². The summed E-state index contributed by atoms with van der Waals surface area (Å²) >= 11 is 0. The Morgan fingerprint density at radius 2 is 1.65 bits per heavy atom. The van der Waals surface area contributed by atoms with Crippen LogP contribution in [0.3, 0.4) is 0 Å². The van der Waals surface area contributed by atoms with Crippen molar-refractivity contribution in [3.63, 3.8) is 0 Å². The second kappa shape index (κ2) is 6.44. The minimum Gasteiger partial charge on any atom is -0.379 e. The molecule has 120 valence electrons. The molecule has 0 radical (unpaired) electrons. The van der Waals surface area contributed by atoms with E-state index in [0.29, 0.717) is 5.69 Å². The Labute approximate surface area is 132 Å². The molecule has 2 aromatic carbocycles. The first-order chi connectivity index (χ1) is 10.8. The average molecular weight is 336 g/mol. The highest BCUT2D eigenvalue weighted by molar-refractivity contribution is 7.87. The number of rotatable bonds is 5. The van der Waals surface area contributed by atoms with Crippen molar-refractivity contribution in [2.24, 2.45) is 0 Å². The summed E-state index contributed by atoms with van der Waals surface area (Å²) in [6.45, 7) is 1.34. The van der Waals surface area contributed by atoms with Crippen molar-refractivity contribution in [2.75, 3.05) is 5.32 Å². The van der Waals surface area contributed by atoms with Gasteiger partial charge in [-0.1, -0.05) is 0 Å². The van der Waals surface area contributed by atoms with Crippen LogP contribution in [0, 0.1) is 10.1 Å². The number of hydrogen-bond acceptors (Lipinski definition) is 6. The Balaban J connectivity index is 2.17. The first-order valence-electron chi connectivity index (χ1n) is 6.34. The fourth-order valence-corrected chi connectivity index (χ4v) is 2.64. The maximum Gasteiger partial charge on any atom is 0.339 e. The van der Waals surface area contributed by atoms with Crippen LogP contribution in [0.5, 0.6) is 5.75 Å². The van der Waals surface area contributed by atoms with Crippen LogP contribution in [0.2, 0.25) is 0 Å². The van der Waals surface area contributed by atoms with Crippen LogP contribution < -0.4 is 9.50 Å². The number of carbonyl (C=O) groups excluding carboxylic acids is 1. The first kappa shape index (κ1) is 16.4. The first-order valence-corrected chi connectivity index (χ1v) is 7.75. The van der Waals surface area contributed by atoms with Crippen molar-refractivity contribution in [3.05, 3.63) is 58.6 Å². The fraction of sp³-hybridized carbons (Fsp3) is 0.0714. The lowest BCUT2D eigenvalue weighted by molar-refractivity contribution is -0.384. The molecule has 9 heteroatoms. The zero-order valence-corrected chi connectivity index (χ0v) is 12.7. The largest absolute Gasteiger partial charge is 0.379 e. The van der Waals surface area contributed by atoms with E-state index in [9.17, 15) is 23.3 Å². The molecule has 1 amide bonds. The molecule has 23 heavy (non-hydrogen) atoms. The molecule has 0 aromatic heterocycles. The molecule has 1 N–H and O–H groups in total. The number of amides is 1. The zero-order valence-electron chi connectivity index (χ0n) is 11.9. The van der Waals surface area contributed by atoms with E-state index >= 15 is 0 Å². The Kier molecular flexibility index (Phi) is 4.60. The summed E-state index contributed by atoms with van der Waals surface area (Å²) in [5.41, 5.74) is 0.279. The monoisotopic (exact) mass is 336 g/mol. The lowest BCUT2D eigenvalue weighted by atomic mass is 10.3. The molecule has 8 nitrogen and oxygen atoms in total. The molecule has 0 aliphatic rings. The summed E-state index contributed by atoms with van der Waals surface area (Å²) in [7, 11) is -4.07. The van der Waals surface area contributed by atoms with Crippen LogP contribution in [-0.4, -0.2) is 19.2 Å². The van der Waals surface area contributed by atoms with Crippen molar-refractivity contribution in [1.82, 2.24) is 0 Å². The molecule has 0 aliphatic carbocycles. The van der Waals surface area contributed by atoms with Crippen molar-refractivity contribution in [2.45, 2.75) is 11.8 Å². The van der Waals surface area contributed by atoms with Crippen LogP contribution in [0.25, 0.3) is 0 Å². The van der Waals surface area contributed by atoms with E-state index in [0.717, 1.165) is 12.1 Å². The van der Waals surface area contributed by atoms with E-state index in [1.807, 2.05) is 0 Å². The molecular weight excluding hydrogens is 324 g/mol. The van der Waals surface area contributed by atoms with Gasteiger partial charge < -0.3 is 9.50 Å². The number of nitro groups is 1. The minimum atomic E-state index is -4.07. The lowest BCUT2D eigenvalue weighted by Gasteiger charge is -2.08. The predicted octanol–water partition coefficient (Wildman–Crippen LogP) is 2.32. The van der Waals surface area contributed by atoms with Crippen molar-refractivity contribution in [1.29, 1.82) is 0 Å². The second-order valence-electron chi connectivity index (χ2n) is 4.49. The third-order valence-corrected chi connectivity index (χ3v) is 3.98. The van der Waals surface area contributed by atoms with Gasteiger partial charge in [-0.2, -0.15) is 8.42 Å². The highest BCUT2D eigenvalue weighted by atomic mass is 32.2. The number of nitro benzene ring substituents is 1. The number of anilines is 1. The SMILES string of the molecule is CC(=O)Nc1ccc(S(=O)(=O)Oc2ccc([N+](=O)[O-])cc2)cc1. The molecule has 0 saturated carbocycles. The third kappa shape index (κ3) is 4.27. The van der Waals surface area contributed by atoms with Gasteiger partial charge in [0.1, 0.15) is 10.6 Å². The van der Waals surface area contributed by atoms with E-state index in [-0.39, 0.29) is 22.2 Å². The molecule has 0 saturated heterocycles. The predicted molar refractivity (Wildman–Crippen MR) is 81.7 cm³/mol. The molecule has 2 rings (SSSR count). The minimum absolute atomic E-state index is 0.0402. The van der Waals surface area contributed by atoms with Crippen molar-refractivity contribution in [3.8, 4) is 5.75 Å². The van der Waals surface area contributed by atoms with E-state index in [4.69, 9.17) is 4.18 Å². The maximum atomic E-state index is 12.1. The number of hydrogen-bond donors (Lipinski definition) is 1. The topological polar surface area (TPSA) is 116 Å². The summed E-state index contributed by atoms with van der Waals surface area (Å²) in [6, 6.07) is 10.1. The highest BCUT2D eigenvalue weighted by Crippen LogP contribution is 2.22. The molecule has 0 fully saturated rings. The number of nitrogens with zero attached hydrogens (tertiary/aromatic N) is 1. The smallest absolute Gasteiger partial charge is 0.339 e. The van der Waals surface area contributed by atoms with E-state index < -0.39 is 15.0 Å². The molecule has 0 bridgehead atoms. The zero-order chi connectivity index (χ0) is 17.0. The number of non-ortho nitro benzene ring substituents is 1. The number of benzene rings is 2. The van der Waals surface area contributed by atoms with Crippen molar-refractivity contribution < 1.29 is 22.3 Å². The van der Waals surface area contributed by atoms with E-state index in [1.54, 1.807) is 0 Å². The van der Waals surface area contributed by atoms with Gasteiger partial charge in [-0.3, -0.25) is 14.9 Å². The van der Waals surface area contributed by atoms with E-state index in [1.165, 1.54) is 43.3 Å². The van der Waals surface area contributed by atoms with Gasteiger partial charge in [-0.15, -0.1) is 0 Å². The summed E-state index contributed by atoms with van der Waals surface area (Å²) in [5, 5.41) is 13.1. The molecule has 0 spiro atoms. The Hall–Kier alpha value is -2.94. The highest BCUT2D eigenvalue weighted by Gasteiger charge is 2.17. The molecule has 0 atom stereocenters. The Morgan fingerprint density at radius 1 is 1.09 bits per heavy atom. The summed E-state index contributed by atoms with van der Waals surface area (Å²) < 4.78 is 29.1. The summed E-state index contributed by atoms with van der Waals surface area (Å²) in [6.07, 6.45) is 0. The van der Waals surface area contributed by atoms with Crippen LogP contribution in [0.1, 0.15) is 6.92 Å². The number of carbonyl (C=O) groups is 1. The van der Waals surface area contributed by atoms with Gasteiger partial charge in [0, 0.05) is 24.7 Å².